The largest absolute Gasteiger partial charge is 0.493 e. The van der Waals surface area contributed by atoms with Crippen LogP contribution in [0, 0.1) is 5.82 Å². The van der Waals surface area contributed by atoms with E-state index >= 15 is 0 Å². The van der Waals surface area contributed by atoms with E-state index in [0.717, 1.165) is 18.5 Å². The van der Waals surface area contributed by atoms with Crippen molar-refractivity contribution < 1.29 is 18.7 Å². The highest BCUT2D eigenvalue weighted by atomic mass is 19.1. The molecule has 1 heterocycles. The van der Waals surface area contributed by atoms with Crippen LogP contribution in [0.2, 0.25) is 0 Å². The Kier molecular flexibility index (Phi) is 6.31. The fourth-order valence-corrected chi connectivity index (χ4v) is 3.62. The quantitative estimate of drug-likeness (QED) is 0.744. The van der Waals surface area contributed by atoms with Crippen LogP contribution in [0.5, 0.6) is 11.5 Å². The van der Waals surface area contributed by atoms with E-state index < -0.39 is 5.82 Å². The van der Waals surface area contributed by atoms with Crippen molar-refractivity contribution in [2.45, 2.75) is 12.5 Å². The minimum Gasteiger partial charge on any atom is -0.493 e. The lowest BCUT2D eigenvalue weighted by molar-refractivity contribution is 0.0932. The fraction of sp³-hybridized carbons (Fsp3) is 0.318. The second-order valence-corrected chi connectivity index (χ2v) is 6.68. The second-order valence-electron chi connectivity index (χ2n) is 6.68. The van der Waals surface area contributed by atoms with Crippen LogP contribution in [-0.2, 0) is 6.42 Å². The number of hydrogen-bond donors (Lipinski definition) is 1. The van der Waals surface area contributed by atoms with E-state index in [4.69, 9.17) is 9.47 Å². The Hall–Kier alpha value is -2.86. The predicted molar refractivity (Wildman–Crippen MR) is 106 cm³/mol. The number of carbonyl (C=O) groups excluding carboxylic acids is 1. The molecule has 3 rings (SSSR count). The zero-order chi connectivity index (χ0) is 20.1. The number of carbonyl (C=O) groups is 1. The number of nitrogens with one attached hydrogen (secondary N) is 1. The van der Waals surface area contributed by atoms with Crippen molar-refractivity contribution in [2.24, 2.45) is 0 Å². The van der Waals surface area contributed by atoms with Crippen molar-refractivity contribution >= 4 is 5.91 Å². The van der Waals surface area contributed by atoms with Gasteiger partial charge in [0.25, 0.3) is 5.91 Å². The minimum atomic E-state index is -0.430. The molecule has 2 aromatic carbocycles. The third-order valence-corrected chi connectivity index (χ3v) is 5.02. The van der Waals surface area contributed by atoms with E-state index in [2.05, 4.69) is 16.8 Å². The summed E-state index contributed by atoms with van der Waals surface area (Å²) in [6.45, 7) is 5.78. The van der Waals surface area contributed by atoms with Gasteiger partial charge in [-0.15, -0.1) is 6.58 Å². The number of benzene rings is 2. The average Bonchev–Trinajstić information content (AvgIpc) is 2.71. The smallest absolute Gasteiger partial charge is 0.251 e. The molecule has 1 aliphatic rings. The first-order valence-electron chi connectivity index (χ1n) is 9.21. The summed E-state index contributed by atoms with van der Waals surface area (Å²) < 4.78 is 24.3. The molecule has 148 valence electrons. The van der Waals surface area contributed by atoms with Crippen molar-refractivity contribution in [3.63, 3.8) is 0 Å². The van der Waals surface area contributed by atoms with Gasteiger partial charge in [-0.3, -0.25) is 9.69 Å². The Bertz CT molecular complexity index is 869. The Balaban J connectivity index is 1.86. The molecule has 1 N–H and O–H groups in total. The zero-order valence-electron chi connectivity index (χ0n) is 16.2. The summed E-state index contributed by atoms with van der Waals surface area (Å²) in [6.07, 6.45) is 2.73. The Morgan fingerprint density at radius 3 is 2.71 bits per heavy atom. The maximum atomic E-state index is 13.4. The maximum Gasteiger partial charge on any atom is 0.251 e. The van der Waals surface area contributed by atoms with Gasteiger partial charge in [-0.2, -0.15) is 0 Å². The highest BCUT2D eigenvalue weighted by Gasteiger charge is 2.29. The van der Waals surface area contributed by atoms with Crippen molar-refractivity contribution in [1.82, 2.24) is 10.2 Å². The number of rotatable bonds is 7. The van der Waals surface area contributed by atoms with Gasteiger partial charge in [0.2, 0.25) is 0 Å². The number of fused-ring (bicyclic) bond motifs is 1. The summed E-state index contributed by atoms with van der Waals surface area (Å²) in [5.41, 5.74) is 2.56. The molecule has 28 heavy (non-hydrogen) atoms. The molecule has 0 radical (unpaired) electrons. The summed E-state index contributed by atoms with van der Waals surface area (Å²) in [4.78, 5) is 14.7. The van der Waals surface area contributed by atoms with Gasteiger partial charge < -0.3 is 14.8 Å². The number of methoxy groups -OCH3 is 2. The van der Waals surface area contributed by atoms with Crippen LogP contribution in [0.4, 0.5) is 4.39 Å². The summed E-state index contributed by atoms with van der Waals surface area (Å²) in [7, 11) is 3.23. The number of hydrogen-bond acceptors (Lipinski definition) is 4. The van der Waals surface area contributed by atoms with E-state index in [1.165, 1.54) is 23.8 Å². The number of nitrogens with zero attached hydrogens (tertiary/aromatic N) is 1. The molecular weight excluding hydrogens is 359 g/mol. The van der Waals surface area contributed by atoms with E-state index in [0.29, 0.717) is 30.2 Å². The van der Waals surface area contributed by atoms with Crippen LogP contribution in [0.1, 0.15) is 27.5 Å². The lowest BCUT2D eigenvalue weighted by Gasteiger charge is -2.37. The van der Waals surface area contributed by atoms with Crippen molar-refractivity contribution in [3.05, 3.63) is 71.6 Å². The molecule has 0 saturated heterocycles. The third-order valence-electron chi connectivity index (χ3n) is 5.02. The van der Waals surface area contributed by atoms with Crippen LogP contribution >= 0.6 is 0 Å². The highest BCUT2D eigenvalue weighted by Crippen LogP contribution is 2.37. The van der Waals surface area contributed by atoms with Crippen LogP contribution in [-0.4, -0.2) is 44.7 Å². The normalized spacial score (nSPS) is 16.2. The fourth-order valence-electron chi connectivity index (χ4n) is 3.62. The molecule has 0 fully saturated rings. The van der Waals surface area contributed by atoms with E-state index in [-0.39, 0.29) is 11.9 Å². The molecule has 5 nitrogen and oxygen atoms in total. The molecule has 6 heteroatoms. The molecule has 0 spiro atoms. The lowest BCUT2D eigenvalue weighted by Crippen LogP contribution is -2.42. The SMILES string of the molecule is C=CCN1CCc2cc(OC)c(OC)cc2[C@@H]1CNC(=O)c1cccc(F)c1. The van der Waals surface area contributed by atoms with Crippen LogP contribution in [0.25, 0.3) is 0 Å². The summed E-state index contributed by atoms with van der Waals surface area (Å²) in [6, 6.07) is 9.62. The number of ether oxygens (including phenoxy) is 2. The molecule has 1 atom stereocenters. The van der Waals surface area contributed by atoms with E-state index in [9.17, 15) is 9.18 Å². The first kappa shape index (κ1) is 19.9. The molecule has 2 aromatic rings. The minimum absolute atomic E-state index is 0.0425. The van der Waals surface area contributed by atoms with Gasteiger partial charge in [0, 0.05) is 25.2 Å². The van der Waals surface area contributed by atoms with Gasteiger partial charge in [-0.05, 0) is 47.9 Å². The standard InChI is InChI=1S/C22H25FN2O3/c1-4-9-25-10-8-15-12-20(27-2)21(28-3)13-18(15)19(25)14-24-22(26)16-6-5-7-17(23)11-16/h4-7,11-13,19H,1,8-10,14H2,2-3H3,(H,24,26)/t19-/m0/s1. The van der Waals surface area contributed by atoms with Crippen molar-refractivity contribution in [1.29, 1.82) is 0 Å². The molecule has 1 aliphatic heterocycles. The van der Waals surface area contributed by atoms with Crippen LogP contribution < -0.4 is 14.8 Å². The molecule has 1 amide bonds. The lowest BCUT2D eigenvalue weighted by atomic mass is 9.91. The number of halogens is 1. The van der Waals surface area contributed by atoms with E-state index in [1.807, 2.05) is 18.2 Å². The Morgan fingerprint density at radius 2 is 2.04 bits per heavy atom. The van der Waals surface area contributed by atoms with Crippen molar-refractivity contribution in [2.75, 3.05) is 33.9 Å². The summed E-state index contributed by atoms with van der Waals surface area (Å²) >= 11 is 0. The maximum absolute atomic E-state index is 13.4. The highest BCUT2D eigenvalue weighted by molar-refractivity contribution is 5.94. The monoisotopic (exact) mass is 384 g/mol. The van der Waals surface area contributed by atoms with Crippen LogP contribution in [0.15, 0.2) is 49.1 Å². The first-order valence-corrected chi connectivity index (χ1v) is 9.21. The van der Waals surface area contributed by atoms with Crippen molar-refractivity contribution in [3.8, 4) is 11.5 Å². The first-order chi connectivity index (χ1) is 13.6. The molecule has 0 aliphatic carbocycles. The molecule has 0 bridgehead atoms. The topological polar surface area (TPSA) is 50.8 Å². The van der Waals surface area contributed by atoms with Gasteiger partial charge >= 0.3 is 0 Å². The van der Waals surface area contributed by atoms with Crippen LogP contribution in [0.3, 0.4) is 0 Å². The van der Waals surface area contributed by atoms with Gasteiger partial charge in [0.15, 0.2) is 11.5 Å². The summed E-state index contributed by atoms with van der Waals surface area (Å²) in [5, 5.41) is 2.94. The van der Waals surface area contributed by atoms with Gasteiger partial charge in [-0.25, -0.2) is 4.39 Å². The molecule has 0 unspecified atom stereocenters. The average molecular weight is 384 g/mol. The Morgan fingerprint density at radius 1 is 1.29 bits per heavy atom. The zero-order valence-corrected chi connectivity index (χ0v) is 16.2. The van der Waals surface area contributed by atoms with Gasteiger partial charge in [-0.1, -0.05) is 12.1 Å². The molecule has 0 aromatic heterocycles. The summed E-state index contributed by atoms with van der Waals surface area (Å²) in [5.74, 6) is 0.621. The predicted octanol–water partition coefficient (Wildman–Crippen LogP) is 3.36. The Labute approximate surface area is 164 Å². The molecule has 0 saturated carbocycles. The second kappa shape index (κ2) is 8.89. The molecular formula is C22H25FN2O3. The van der Waals surface area contributed by atoms with Gasteiger partial charge in [0.05, 0.1) is 20.3 Å². The van der Waals surface area contributed by atoms with E-state index in [1.54, 1.807) is 20.3 Å². The third kappa shape index (κ3) is 4.17. The number of amides is 1. The van der Waals surface area contributed by atoms with Gasteiger partial charge in [0.1, 0.15) is 5.82 Å².